The van der Waals surface area contributed by atoms with Gasteiger partial charge in [-0.3, -0.25) is 0 Å². The number of nitrogens with one attached hydrogen (secondary N) is 1. The summed E-state index contributed by atoms with van der Waals surface area (Å²) in [7, 11) is 1.61. The van der Waals surface area contributed by atoms with Crippen molar-refractivity contribution in [2.75, 3.05) is 19.0 Å². The summed E-state index contributed by atoms with van der Waals surface area (Å²) in [6.07, 6.45) is 2.06. The molecule has 0 bridgehead atoms. The highest BCUT2D eigenvalue weighted by Gasteiger charge is 1.98. The van der Waals surface area contributed by atoms with E-state index in [0.29, 0.717) is 5.88 Å². The Kier molecular flexibility index (Phi) is 5.26. The molecule has 4 heteroatoms. The number of nitrogens with zero attached hydrogens (tertiary/aromatic N) is 1. The second-order valence-corrected chi connectivity index (χ2v) is 4.16. The molecule has 1 aromatic heterocycles. The molecule has 1 rings (SSSR count). The van der Waals surface area contributed by atoms with Gasteiger partial charge in [0.15, 0.2) is 0 Å². The Balaban J connectivity index is 2.30. The molecule has 0 saturated heterocycles. The fraction of sp³-hybridized carbons (Fsp3) is 0.545. The molecule has 0 saturated carbocycles. The number of aromatic nitrogens is 1. The zero-order chi connectivity index (χ0) is 11.1. The minimum atomic E-state index is 0.241. The van der Waals surface area contributed by atoms with E-state index in [2.05, 4.69) is 10.3 Å². The highest BCUT2D eigenvalue weighted by atomic mass is 35.5. The van der Waals surface area contributed by atoms with Crippen LogP contribution in [0.2, 0.25) is 0 Å². The maximum Gasteiger partial charge on any atom is 0.214 e. The van der Waals surface area contributed by atoms with E-state index < -0.39 is 0 Å². The fourth-order valence-electron chi connectivity index (χ4n) is 1.23. The molecule has 15 heavy (non-hydrogen) atoms. The van der Waals surface area contributed by atoms with E-state index in [1.54, 1.807) is 7.11 Å². The lowest BCUT2D eigenvalue weighted by Crippen LogP contribution is -2.05. The summed E-state index contributed by atoms with van der Waals surface area (Å²) in [4.78, 5) is 4.24. The van der Waals surface area contributed by atoms with Crippen molar-refractivity contribution in [3.8, 4) is 5.88 Å². The molecule has 0 aliphatic carbocycles. The molecular formula is C11H17ClN2O. The number of methoxy groups -OCH3 is 1. The monoisotopic (exact) mass is 228 g/mol. The molecule has 1 N–H and O–H groups in total. The maximum atomic E-state index is 5.84. The second kappa shape index (κ2) is 6.51. The van der Waals surface area contributed by atoms with E-state index >= 15 is 0 Å². The lowest BCUT2D eigenvalue weighted by atomic mass is 10.2. The predicted octanol–water partition coefficient (Wildman–Crippen LogP) is 2.91. The minimum Gasteiger partial charge on any atom is -0.481 e. The van der Waals surface area contributed by atoms with Gasteiger partial charge in [0, 0.05) is 18.0 Å². The average molecular weight is 229 g/mol. The highest BCUT2D eigenvalue weighted by molar-refractivity contribution is 6.20. The minimum absolute atomic E-state index is 0.241. The first-order chi connectivity index (χ1) is 7.22. The average Bonchev–Trinajstić information content (AvgIpc) is 2.24. The number of rotatable bonds is 6. The normalized spacial score (nSPS) is 12.2. The van der Waals surface area contributed by atoms with Gasteiger partial charge >= 0.3 is 0 Å². The first-order valence-corrected chi connectivity index (χ1v) is 5.55. The zero-order valence-electron chi connectivity index (χ0n) is 9.16. The van der Waals surface area contributed by atoms with Crippen LogP contribution in [0.25, 0.3) is 0 Å². The molecule has 1 heterocycles. The van der Waals surface area contributed by atoms with E-state index in [-0.39, 0.29) is 5.38 Å². The Morgan fingerprint density at radius 2 is 2.33 bits per heavy atom. The SMILES string of the molecule is COc1cccc(NCCCC(C)Cl)n1. The van der Waals surface area contributed by atoms with Crippen LogP contribution in [0.15, 0.2) is 18.2 Å². The van der Waals surface area contributed by atoms with Gasteiger partial charge in [0.05, 0.1) is 7.11 Å². The standard InChI is InChI=1S/C11H17ClN2O/c1-9(12)5-4-8-13-10-6-3-7-11(14-10)15-2/h3,6-7,9H,4-5,8H2,1-2H3,(H,13,14). The van der Waals surface area contributed by atoms with Crippen molar-refractivity contribution in [1.82, 2.24) is 4.98 Å². The Bertz CT molecular complexity index is 292. The van der Waals surface area contributed by atoms with Crippen LogP contribution in [-0.2, 0) is 0 Å². The summed E-state index contributed by atoms with van der Waals surface area (Å²) in [5, 5.41) is 3.47. The van der Waals surface area contributed by atoms with Gasteiger partial charge in [-0.2, -0.15) is 4.98 Å². The van der Waals surface area contributed by atoms with E-state index in [1.807, 2.05) is 25.1 Å². The summed E-state index contributed by atoms with van der Waals surface area (Å²) < 4.78 is 5.03. The molecule has 0 aromatic carbocycles. The van der Waals surface area contributed by atoms with Crippen molar-refractivity contribution in [1.29, 1.82) is 0 Å². The summed E-state index contributed by atoms with van der Waals surface area (Å²) >= 11 is 5.84. The van der Waals surface area contributed by atoms with Crippen LogP contribution in [0.5, 0.6) is 5.88 Å². The first kappa shape index (κ1) is 12.1. The lowest BCUT2D eigenvalue weighted by Gasteiger charge is -2.07. The lowest BCUT2D eigenvalue weighted by molar-refractivity contribution is 0.398. The Labute approximate surface area is 95.8 Å². The molecule has 3 nitrogen and oxygen atoms in total. The van der Waals surface area contributed by atoms with Crippen molar-refractivity contribution < 1.29 is 4.74 Å². The molecule has 84 valence electrons. The smallest absolute Gasteiger partial charge is 0.214 e. The topological polar surface area (TPSA) is 34.1 Å². The van der Waals surface area contributed by atoms with Crippen LogP contribution >= 0.6 is 11.6 Å². The highest BCUT2D eigenvalue weighted by Crippen LogP contribution is 2.11. The number of pyridine rings is 1. The van der Waals surface area contributed by atoms with Gasteiger partial charge < -0.3 is 10.1 Å². The van der Waals surface area contributed by atoms with Crippen LogP contribution in [0.1, 0.15) is 19.8 Å². The van der Waals surface area contributed by atoms with Crippen molar-refractivity contribution in [3.05, 3.63) is 18.2 Å². The van der Waals surface area contributed by atoms with Crippen LogP contribution in [-0.4, -0.2) is 24.0 Å². The number of anilines is 1. The fourth-order valence-corrected chi connectivity index (χ4v) is 1.38. The molecule has 1 unspecified atom stereocenters. The third-order valence-electron chi connectivity index (χ3n) is 2.02. The van der Waals surface area contributed by atoms with Crippen LogP contribution < -0.4 is 10.1 Å². The Hall–Kier alpha value is -0.960. The summed E-state index contributed by atoms with van der Waals surface area (Å²) in [6, 6.07) is 5.66. The molecule has 0 radical (unpaired) electrons. The molecule has 1 atom stereocenters. The third-order valence-corrected chi connectivity index (χ3v) is 2.24. The predicted molar refractivity (Wildman–Crippen MR) is 63.8 cm³/mol. The first-order valence-electron chi connectivity index (χ1n) is 5.11. The molecular weight excluding hydrogens is 212 g/mol. The van der Waals surface area contributed by atoms with Crippen molar-refractivity contribution in [2.45, 2.75) is 25.1 Å². The van der Waals surface area contributed by atoms with Crippen molar-refractivity contribution in [3.63, 3.8) is 0 Å². The summed E-state index contributed by atoms with van der Waals surface area (Å²) in [6.45, 7) is 2.89. The van der Waals surface area contributed by atoms with Crippen LogP contribution in [0.4, 0.5) is 5.82 Å². The van der Waals surface area contributed by atoms with Gasteiger partial charge in [0.1, 0.15) is 5.82 Å². The van der Waals surface area contributed by atoms with Crippen molar-refractivity contribution in [2.24, 2.45) is 0 Å². The Morgan fingerprint density at radius 3 is 3.00 bits per heavy atom. The van der Waals surface area contributed by atoms with E-state index in [1.165, 1.54) is 0 Å². The second-order valence-electron chi connectivity index (χ2n) is 3.41. The summed E-state index contributed by atoms with van der Waals surface area (Å²) in [5.41, 5.74) is 0. The molecule has 0 fully saturated rings. The van der Waals surface area contributed by atoms with Gasteiger partial charge in [0.2, 0.25) is 5.88 Å². The number of hydrogen-bond donors (Lipinski definition) is 1. The Morgan fingerprint density at radius 1 is 1.53 bits per heavy atom. The van der Waals surface area contributed by atoms with Crippen LogP contribution in [0.3, 0.4) is 0 Å². The van der Waals surface area contributed by atoms with E-state index in [4.69, 9.17) is 16.3 Å². The van der Waals surface area contributed by atoms with Gasteiger partial charge in [-0.15, -0.1) is 11.6 Å². The van der Waals surface area contributed by atoms with Crippen LogP contribution in [0, 0.1) is 0 Å². The number of hydrogen-bond acceptors (Lipinski definition) is 3. The number of ether oxygens (including phenoxy) is 1. The molecule has 0 aliphatic rings. The zero-order valence-corrected chi connectivity index (χ0v) is 9.92. The van der Waals surface area contributed by atoms with Gasteiger partial charge in [0.25, 0.3) is 0 Å². The largest absolute Gasteiger partial charge is 0.481 e. The van der Waals surface area contributed by atoms with Gasteiger partial charge in [-0.05, 0) is 25.8 Å². The van der Waals surface area contributed by atoms with Gasteiger partial charge in [-0.1, -0.05) is 6.07 Å². The molecule has 0 spiro atoms. The number of halogens is 1. The molecule has 1 aromatic rings. The third kappa shape index (κ3) is 4.88. The maximum absolute atomic E-state index is 5.84. The van der Waals surface area contributed by atoms with E-state index in [9.17, 15) is 0 Å². The van der Waals surface area contributed by atoms with Crippen molar-refractivity contribution >= 4 is 17.4 Å². The molecule has 0 aliphatic heterocycles. The molecule has 0 amide bonds. The van der Waals surface area contributed by atoms with Gasteiger partial charge in [-0.25, -0.2) is 0 Å². The van der Waals surface area contributed by atoms with E-state index in [0.717, 1.165) is 25.2 Å². The quantitative estimate of drug-likeness (QED) is 0.601. The summed E-state index contributed by atoms with van der Waals surface area (Å²) in [5.74, 6) is 1.47. The number of alkyl halides is 1.